The molecule has 2 aromatic rings. The third-order valence-electron chi connectivity index (χ3n) is 5.51. The summed E-state index contributed by atoms with van der Waals surface area (Å²) in [5.41, 5.74) is 3.18. The molecule has 0 spiro atoms. The van der Waals surface area contributed by atoms with E-state index in [0.717, 1.165) is 49.3 Å². The fourth-order valence-corrected chi connectivity index (χ4v) is 3.86. The first kappa shape index (κ1) is 24.3. The van der Waals surface area contributed by atoms with Crippen LogP contribution in [0.4, 0.5) is 29.5 Å². The van der Waals surface area contributed by atoms with Crippen LogP contribution in [0.25, 0.3) is 0 Å². The van der Waals surface area contributed by atoms with Gasteiger partial charge in [0, 0.05) is 26.3 Å². The van der Waals surface area contributed by atoms with Crippen molar-refractivity contribution in [3.63, 3.8) is 0 Å². The van der Waals surface area contributed by atoms with E-state index in [9.17, 15) is 22.8 Å². The summed E-state index contributed by atoms with van der Waals surface area (Å²) in [5.74, 6) is 0.420. The maximum Gasteiger partial charge on any atom is 0.405 e. The number of carbonyl (C=O) groups excluding carboxylic acids is 2. The lowest BCUT2D eigenvalue weighted by atomic mass is 9.90. The number of aryl methyl sites for hydroxylation is 1. The molecule has 8 nitrogen and oxygen atoms in total. The van der Waals surface area contributed by atoms with E-state index >= 15 is 0 Å². The predicted octanol–water partition coefficient (Wildman–Crippen LogP) is 3.29. The topological polar surface area (TPSA) is 99.3 Å². The number of carbonyl (C=O) groups is 2. The van der Waals surface area contributed by atoms with Gasteiger partial charge in [-0.05, 0) is 61.9 Å². The Hall–Kier alpha value is -3.37. The van der Waals surface area contributed by atoms with Gasteiger partial charge in [0.2, 0.25) is 0 Å². The number of hydrogen-bond donors (Lipinski definition) is 3. The Kier molecular flexibility index (Phi) is 7.72. The van der Waals surface area contributed by atoms with E-state index in [1.807, 2.05) is 19.1 Å². The van der Waals surface area contributed by atoms with Crippen LogP contribution in [0.15, 0.2) is 30.5 Å². The Morgan fingerprint density at radius 2 is 1.91 bits per heavy atom. The van der Waals surface area contributed by atoms with Crippen molar-refractivity contribution in [1.82, 2.24) is 20.6 Å². The smallest absolute Gasteiger partial charge is 0.370 e. The maximum atomic E-state index is 12.2. The van der Waals surface area contributed by atoms with Crippen molar-refractivity contribution in [3.05, 3.63) is 47.4 Å². The van der Waals surface area contributed by atoms with Gasteiger partial charge in [0.05, 0.1) is 11.4 Å². The lowest BCUT2D eigenvalue weighted by Gasteiger charge is -2.34. The molecular weight excluding hydrogens is 437 g/mol. The van der Waals surface area contributed by atoms with Crippen molar-refractivity contribution in [2.75, 3.05) is 36.9 Å². The fourth-order valence-electron chi connectivity index (χ4n) is 3.86. The molecule has 11 heteroatoms. The first-order valence-electron chi connectivity index (χ1n) is 10.7. The first-order valence-corrected chi connectivity index (χ1v) is 10.7. The summed E-state index contributed by atoms with van der Waals surface area (Å²) in [6, 6.07) is 6.24. The third kappa shape index (κ3) is 7.06. The number of nitrogens with zero attached hydrogens (tertiary/aromatic N) is 3. The summed E-state index contributed by atoms with van der Waals surface area (Å²) in [5, 5.41) is 6.67. The predicted molar refractivity (Wildman–Crippen MR) is 118 cm³/mol. The number of halogens is 3. The number of anilines is 2. The number of aromatic nitrogens is 2. The van der Waals surface area contributed by atoms with Gasteiger partial charge in [0.15, 0.2) is 0 Å². The van der Waals surface area contributed by atoms with Crippen molar-refractivity contribution < 1.29 is 22.8 Å². The Morgan fingerprint density at radius 3 is 2.55 bits per heavy atom. The van der Waals surface area contributed by atoms with Crippen LogP contribution >= 0.6 is 0 Å². The van der Waals surface area contributed by atoms with Crippen LogP contribution in [0, 0.1) is 12.8 Å². The summed E-state index contributed by atoms with van der Waals surface area (Å²) in [6.45, 7) is 2.19. The SMILES string of the molecule is CNC(=O)c1ccc(N2CCC(Cc3ccnc(NC(=O)NCC(F)(F)F)c3)CC2)c(C)n1. The Labute approximate surface area is 190 Å². The van der Waals surface area contributed by atoms with Gasteiger partial charge in [0.1, 0.15) is 18.1 Å². The number of amides is 3. The molecule has 1 aliphatic heterocycles. The average Bonchev–Trinajstić information content (AvgIpc) is 2.77. The molecule has 3 heterocycles. The normalized spacial score (nSPS) is 14.6. The fraction of sp³-hybridized carbons (Fsp3) is 0.455. The van der Waals surface area contributed by atoms with E-state index in [1.54, 1.807) is 24.5 Å². The van der Waals surface area contributed by atoms with Gasteiger partial charge in [-0.25, -0.2) is 14.8 Å². The molecule has 0 bridgehead atoms. The number of urea groups is 1. The maximum absolute atomic E-state index is 12.2. The highest BCUT2D eigenvalue weighted by atomic mass is 19.4. The van der Waals surface area contributed by atoms with Crippen molar-refractivity contribution >= 4 is 23.4 Å². The highest BCUT2D eigenvalue weighted by Crippen LogP contribution is 2.28. The molecule has 3 N–H and O–H groups in total. The van der Waals surface area contributed by atoms with Crippen molar-refractivity contribution in [1.29, 1.82) is 0 Å². The van der Waals surface area contributed by atoms with Crippen LogP contribution in [-0.4, -0.2) is 54.8 Å². The Bertz CT molecular complexity index is 990. The molecule has 0 atom stereocenters. The molecular formula is C22H27F3N6O2. The molecule has 1 aliphatic rings. The van der Waals surface area contributed by atoms with E-state index in [2.05, 4.69) is 25.5 Å². The Morgan fingerprint density at radius 1 is 1.18 bits per heavy atom. The summed E-state index contributed by atoms with van der Waals surface area (Å²) in [4.78, 5) is 34.1. The summed E-state index contributed by atoms with van der Waals surface area (Å²) >= 11 is 0. The highest BCUT2D eigenvalue weighted by Gasteiger charge is 2.28. The number of rotatable bonds is 6. The molecule has 1 fully saturated rings. The average molecular weight is 464 g/mol. The van der Waals surface area contributed by atoms with Gasteiger partial charge in [-0.3, -0.25) is 10.1 Å². The molecule has 3 rings (SSSR count). The third-order valence-corrected chi connectivity index (χ3v) is 5.51. The van der Waals surface area contributed by atoms with Crippen molar-refractivity contribution in [3.8, 4) is 0 Å². The van der Waals surface area contributed by atoms with E-state index in [1.165, 1.54) is 6.20 Å². The molecule has 2 aromatic heterocycles. The monoisotopic (exact) mass is 464 g/mol. The number of alkyl halides is 3. The van der Waals surface area contributed by atoms with Gasteiger partial charge >= 0.3 is 12.2 Å². The molecule has 0 aromatic carbocycles. The molecule has 33 heavy (non-hydrogen) atoms. The van der Waals surface area contributed by atoms with E-state index in [4.69, 9.17) is 0 Å². The second kappa shape index (κ2) is 10.5. The summed E-state index contributed by atoms with van der Waals surface area (Å²) in [6.07, 6.45) is -0.251. The number of pyridine rings is 2. The standard InChI is InChI=1S/C22H27F3N6O2/c1-14-18(4-3-17(29-14)20(32)26-2)31-9-6-15(7-10-31)11-16-5-8-27-19(12-16)30-21(33)28-13-22(23,24)25/h3-5,8,12,15H,6-7,9-11,13H2,1-2H3,(H,26,32)(H2,27,28,30,33). The first-order chi connectivity index (χ1) is 15.6. The zero-order valence-corrected chi connectivity index (χ0v) is 18.5. The lowest BCUT2D eigenvalue weighted by molar-refractivity contribution is -0.122. The van der Waals surface area contributed by atoms with E-state index in [0.29, 0.717) is 11.6 Å². The van der Waals surface area contributed by atoms with Gasteiger partial charge in [-0.2, -0.15) is 13.2 Å². The molecule has 1 saturated heterocycles. The number of piperidine rings is 1. The van der Waals surface area contributed by atoms with Crippen molar-refractivity contribution in [2.45, 2.75) is 32.4 Å². The van der Waals surface area contributed by atoms with Crippen LogP contribution in [0.5, 0.6) is 0 Å². The number of nitrogens with one attached hydrogen (secondary N) is 3. The lowest BCUT2D eigenvalue weighted by Crippen LogP contribution is -2.36. The zero-order valence-electron chi connectivity index (χ0n) is 18.5. The van der Waals surface area contributed by atoms with Gasteiger partial charge in [0.25, 0.3) is 5.91 Å². The van der Waals surface area contributed by atoms with Crippen LogP contribution in [0.3, 0.4) is 0 Å². The summed E-state index contributed by atoms with van der Waals surface area (Å²) in [7, 11) is 1.57. The van der Waals surface area contributed by atoms with Gasteiger partial charge in [-0.1, -0.05) is 0 Å². The molecule has 178 valence electrons. The van der Waals surface area contributed by atoms with E-state index in [-0.39, 0.29) is 11.7 Å². The quantitative estimate of drug-likeness (QED) is 0.609. The van der Waals surface area contributed by atoms with Crippen molar-refractivity contribution in [2.24, 2.45) is 5.92 Å². The largest absolute Gasteiger partial charge is 0.405 e. The molecule has 0 unspecified atom stereocenters. The van der Waals surface area contributed by atoms with Crippen LogP contribution in [-0.2, 0) is 6.42 Å². The second-order valence-corrected chi connectivity index (χ2v) is 7.99. The summed E-state index contributed by atoms with van der Waals surface area (Å²) < 4.78 is 36.7. The molecule has 3 amide bonds. The highest BCUT2D eigenvalue weighted by molar-refractivity contribution is 5.92. The minimum absolute atomic E-state index is 0.211. The van der Waals surface area contributed by atoms with Crippen LogP contribution in [0.2, 0.25) is 0 Å². The minimum Gasteiger partial charge on any atom is -0.370 e. The molecule has 0 saturated carbocycles. The minimum atomic E-state index is -4.47. The second-order valence-electron chi connectivity index (χ2n) is 7.99. The number of hydrogen-bond acceptors (Lipinski definition) is 5. The molecule has 0 aliphatic carbocycles. The van der Waals surface area contributed by atoms with Gasteiger partial charge < -0.3 is 15.5 Å². The van der Waals surface area contributed by atoms with Crippen LogP contribution in [0.1, 0.15) is 34.6 Å². The Balaban J connectivity index is 1.52. The van der Waals surface area contributed by atoms with Gasteiger partial charge in [-0.15, -0.1) is 0 Å². The van der Waals surface area contributed by atoms with E-state index < -0.39 is 18.8 Å². The van der Waals surface area contributed by atoms with Crippen LogP contribution < -0.4 is 20.9 Å². The zero-order chi connectivity index (χ0) is 24.0. The molecule has 0 radical (unpaired) electrons.